The van der Waals surface area contributed by atoms with Gasteiger partial charge in [0.05, 0.1) is 18.6 Å². The summed E-state index contributed by atoms with van der Waals surface area (Å²) in [7, 11) is 0. The van der Waals surface area contributed by atoms with Gasteiger partial charge in [-0.2, -0.15) is 0 Å². The van der Waals surface area contributed by atoms with E-state index in [1.807, 2.05) is 54.3 Å². The van der Waals surface area contributed by atoms with Crippen LogP contribution in [0.5, 0.6) is 5.75 Å². The van der Waals surface area contributed by atoms with Crippen LogP contribution in [0.25, 0.3) is 10.4 Å². The Kier molecular flexibility index (Phi) is 6.18. The smallest absolute Gasteiger partial charge is 0.257 e. The number of likely N-dealkylation sites (tertiary alicyclic amines) is 1. The molecule has 0 unspecified atom stereocenters. The lowest BCUT2D eigenvalue weighted by atomic mass is 10.0. The number of amides is 2. The Morgan fingerprint density at radius 1 is 1.06 bits per heavy atom. The van der Waals surface area contributed by atoms with Crippen LogP contribution in [0.4, 0.5) is 5.00 Å². The van der Waals surface area contributed by atoms with Crippen LogP contribution in [-0.2, 0) is 17.6 Å². The van der Waals surface area contributed by atoms with Gasteiger partial charge >= 0.3 is 0 Å². The van der Waals surface area contributed by atoms with Crippen LogP contribution in [0.1, 0.15) is 46.3 Å². The average Bonchev–Trinajstić information content (AvgIpc) is 3.43. The summed E-state index contributed by atoms with van der Waals surface area (Å²) in [5.41, 5.74) is 4.74. The van der Waals surface area contributed by atoms with Crippen molar-refractivity contribution < 1.29 is 14.3 Å². The number of hydrogen-bond acceptors (Lipinski definition) is 4. The molecular formula is C27H28N2O3S. The molecule has 0 radical (unpaired) electrons. The fourth-order valence-electron chi connectivity index (χ4n) is 4.69. The highest BCUT2D eigenvalue weighted by atomic mass is 32.1. The van der Waals surface area contributed by atoms with E-state index in [-0.39, 0.29) is 18.2 Å². The summed E-state index contributed by atoms with van der Waals surface area (Å²) >= 11 is 1.49. The number of anilines is 1. The predicted octanol–water partition coefficient (Wildman–Crippen LogP) is 5.47. The monoisotopic (exact) mass is 460 g/mol. The SMILES string of the molecule is Cc1c(-c2ccccc2)sc(NC(=O)Cc2ccc3c(c2)CCO3)c1C(=O)N1CCCCC1. The molecule has 2 aromatic carbocycles. The van der Waals surface area contributed by atoms with Crippen molar-refractivity contribution in [3.05, 3.63) is 70.8 Å². The Bertz CT molecular complexity index is 1180. The van der Waals surface area contributed by atoms with Crippen molar-refractivity contribution in [3.8, 4) is 16.2 Å². The van der Waals surface area contributed by atoms with E-state index in [0.29, 0.717) is 17.2 Å². The van der Waals surface area contributed by atoms with Crippen LogP contribution >= 0.6 is 11.3 Å². The molecular weight excluding hydrogens is 432 g/mol. The Labute approximate surface area is 198 Å². The van der Waals surface area contributed by atoms with Crippen LogP contribution in [0.2, 0.25) is 0 Å². The van der Waals surface area contributed by atoms with Gasteiger partial charge in [0.2, 0.25) is 5.91 Å². The molecule has 5 nitrogen and oxygen atoms in total. The van der Waals surface area contributed by atoms with Crippen LogP contribution in [-0.4, -0.2) is 36.4 Å². The maximum atomic E-state index is 13.5. The highest BCUT2D eigenvalue weighted by Crippen LogP contribution is 2.41. The third kappa shape index (κ3) is 4.53. The first-order chi connectivity index (χ1) is 16.1. The fourth-order valence-corrected chi connectivity index (χ4v) is 5.91. The van der Waals surface area contributed by atoms with Gasteiger partial charge < -0.3 is 15.0 Å². The Hall–Kier alpha value is -3.12. The van der Waals surface area contributed by atoms with E-state index in [1.165, 1.54) is 11.3 Å². The van der Waals surface area contributed by atoms with Crippen molar-refractivity contribution in [1.29, 1.82) is 0 Å². The summed E-state index contributed by atoms with van der Waals surface area (Å²) in [6, 6.07) is 16.0. The first-order valence-electron chi connectivity index (χ1n) is 11.6. The van der Waals surface area contributed by atoms with Crippen molar-refractivity contribution in [2.75, 3.05) is 25.0 Å². The minimum absolute atomic E-state index is 0.0237. The number of hydrogen-bond donors (Lipinski definition) is 1. The summed E-state index contributed by atoms with van der Waals surface area (Å²) in [5.74, 6) is 0.827. The second-order valence-corrected chi connectivity index (χ2v) is 9.77. The zero-order valence-electron chi connectivity index (χ0n) is 18.9. The number of benzene rings is 2. The number of ether oxygens (including phenoxy) is 1. The third-order valence-corrected chi connectivity index (χ3v) is 7.67. The molecule has 1 saturated heterocycles. The van der Waals surface area contributed by atoms with Gasteiger partial charge in [-0.15, -0.1) is 11.3 Å². The van der Waals surface area contributed by atoms with Crippen molar-refractivity contribution in [2.24, 2.45) is 0 Å². The molecule has 0 atom stereocenters. The van der Waals surface area contributed by atoms with E-state index in [1.54, 1.807) is 0 Å². The van der Waals surface area contributed by atoms with Crippen LogP contribution < -0.4 is 10.1 Å². The van der Waals surface area contributed by atoms with Crippen LogP contribution in [0.3, 0.4) is 0 Å². The van der Waals surface area contributed by atoms with E-state index >= 15 is 0 Å². The molecule has 3 heterocycles. The molecule has 2 aliphatic rings. The lowest BCUT2D eigenvalue weighted by Gasteiger charge is -2.27. The summed E-state index contributed by atoms with van der Waals surface area (Å²) in [6.45, 7) is 4.24. The molecule has 1 N–H and O–H groups in total. The van der Waals surface area contributed by atoms with Gasteiger partial charge in [-0.3, -0.25) is 9.59 Å². The normalized spacial score (nSPS) is 15.1. The molecule has 3 aromatic rings. The lowest BCUT2D eigenvalue weighted by molar-refractivity contribution is -0.115. The molecule has 0 saturated carbocycles. The highest BCUT2D eigenvalue weighted by molar-refractivity contribution is 7.20. The number of nitrogens with zero attached hydrogens (tertiary/aromatic N) is 1. The molecule has 1 aromatic heterocycles. The molecule has 5 rings (SSSR count). The Balaban J connectivity index is 1.43. The zero-order chi connectivity index (χ0) is 22.8. The minimum Gasteiger partial charge on any atom is -0.493 e. The number of carbonyl (C=O) groups excluding carboxylic acids is 2. The number of piperidine rings is 1. The number of fused-ring (bicyclic) bond motifs is 1. The molecule has 0 spiro atoms. The molecule has 1 fully saturated rings. The lowest BCUT2D eigenvalue weighted by Crippen LogP contribution is -2.36. The maximum Gasteiger partial charge on any atom is 0.257 e. The second kappa shape index (κ2) is 9.40. The topological polar surface area (TPSA) is 58.6 Å². The number of rotatable bonds is 5. The second-order valence-electron chi connectivity index (χ2n) is 8.74. The number of nitrogens with one attached hydrogen (secondary N) is 1. The van der Waals surface area contributed by atoms with Gasteiger partial charge in [0.1, 0.15) is 10.8 Å². The van der Waals surface area contributed by atoms with Gasteiger partial charge in [0.15, 0.2) is 0 Å². The van der Waals surface area contributed by atoms with Gasteiger partial charge in [-0.05, 0) is 54.5 Å². The molecule has 0 aliphatic carbocycles. The number of thiophene rings is 1. The summed E-state index contributed by atoms with van der Waals surface area (Å²) in [6.07, 6.45) is 4.37. The number of carbonyl (C=O) groups is 2. The van der Waals surface area contributed by atoms with Crippen molar-refractivity contribution in [2.45, 2.75) is 39.0 Å². The average molecular weight is 461 g/mol. The standard InChI is InChI=1S/C27H28N2O3S/c1-18-24(27(31)29-13-6-3-7-14-29)26(33-25(18)20-8-4-2-5-9-20)28-23(30)17-19-10-11-22-21(16-19)12-15-32-22/h2,4-5,8-11,16H,3,6-7,12-15,17H2,1H3,(H,28,30). The molecule has 170 valence electrons. The maximum absolute atomic E-state index is 13.5. The van der Waals surface area contributed by atoms with Gasteiger partial charge in [-0.1, -0.05) is 42.5 Å². The third-order valence-electron chi connectivity index (χ3n) is 6.41. The van der Waals surface area contributed by atoms with Crippen LogP contribution in [0, 0.1) is 6.92 Å². The van der Waals surface area contributed by atoms with Gasteiger partial charge in [0, 0.05) is 24.4 Å². The fraction of sp³-hybridized carbons (Fsp3) is 0.333. The first-order valence-corrected chi connectivity index (χ1v) is 12.4. The molecule has 33 heavy (non-hydrogen) atoms. The van der Waals surface area contributed by atoms with E-state index < -0.39 is 0 Å². The molecule has 2 amide bonds. The minimum atomic E-state index is -0.109. The molecule has 0 bridgehead atoms. The molecule has 6 heteroatoms. The zero-order valence-corrected chi connectivity index (χ0v) is 19.7. The van der Waals surface area contributed by atoms with E-state index in [2.05, 4.69) is 11.4 Å². The van der Waals surface area contributed by atoms with E-state index in [9.17, 15) is 9.59 Å². The first kappa shape index (κ1) is 21.7. The predicted molar refractivity (Wildman–Crippen MR) is 132 cm³/mol. The van der Waals surface area contributed by atoms with E-state index in [4.69, 9.17) is 4.74 Å². The van der Waals surface area contributed by atoms with Crippen molar-refractivity contribution >= 4 is 28.2 Å². The van der Waals surface area contributed by atoms with Crippen molar-refractivity contribution in [1.82, 2.24) is 4.90 Å². The molecule has 2 aliphatic heterocycles. The van der Waals surface area contributed by atoms with Gasteiger partial charge in [-0.25, -0.2) is 0 Å². The highest BCUT2D eigenvalue weighted by Gasteiger charge is 2.28. The van der Waals surface area contributed by atoms with Crippen LogP contribution in [0.15, 0.2) is 48.5 Å². The van der Waals surface area contributed by atoms with E-state index in [0.717, 1.165) is 71.7 Å². The summed E-state index contributed by atoms with van der Waals surface area (Å²) in [4.78, 5) is 29.5. The van der Waals surface area contributed by atoms with Crippen molar-refractivity contribution in [3.63, 3.8) is 0 Å². The van der Waals surface area contributed by atoms with Gasteiger partial charge in [0.25, 0.3) is 5.91 Å². The largest absolute Gasteiger partial charge is 0.493 e. The summed E-state index contributed by atoms with van der Waals surface area (Å²) < 4.78 is 5.57. The Morgan fingerprint density at radius 2 is 1.85 bits per heavy atom. The quantitative estimate of drug-likeness (QED) is 0.550. The summed E-state index contributed by atoms with van der Waals surface area (Å²) in [5, 5.41) is 3.73. The Morgan fingerprint density at radius 3 is 2.64 bits per heavy atom.